The second-order valence-electron chi connectivity index (χ2n) is 7.03. The van der Waals surface area contributed by atoms with Crippen molar-refractivity contribution in [3.05, 3.63) is 47.3 Å². The molecular formula is C19H23N3O3. The van der Waals surface area contributed by atoms with Gasteiger partial charge in [-0.2, -0.15) is 0 Å². The average Bonchev–Trinajstić information content (AvgIpc) is 3.19. The second-order valence-corrected chi connectivity index (χ2v) is 7.03. The van der Waals surface area contributed by atoms with Gasteiger partial charge in [0, 0.05) is 37.3 Å². The maximum Gasteiger partial charge on any atom is 0.259 e. The van der Waals surface area contributed by atoms with Crippen LogP contribution >= 0.6 is 0 Å². The molecule has 1 aromatic carbocycles. The molecule has 4 rings (SSSR count). The Balaban J connectivity index is 1.53. The maximum atomic E-state index is 12.7. The van der Waals surface area contributed by atoms with E-state index in [4.69, 9.17) is 4.52 Å². The molecule has 0 saturated carbocycles. The normalized spacial score (nSPS) is 18.6. The molecule has 0 radical (unpaired) electrons. The lowest BCUT2D eigenvalue weighted by molar-refractivity contribution is 0.0672. The van der Waals surface area contributed by atoms with Gasteiger partial charge >= 0.3 is 0 Å². The minimum Gasteiger partial charge on any atom is -0.395 e. The lowest BCUT2D eigenvalue weighted by Crippen LogP contribution is -2.47. The number of benzene rings is 1. The fourth-order valence-electron chi connectivity index (χ4n) is 4.29. The Hall–Kier alpha value is -2.34. The summed E-state index contributed by atoms with van der Waals surface area (Å²) in [4.78, 5) is 16.9. The molecule has 1 saturated heterocycles. The molecule has 6 nitrogen and oxygen atoms in total. The van der Waals surface area contributed by atoms with Crippen molar-refractivity contribution in [3.63, 3.8) is 0 Å². The van der Waals surface area contributed by atoms with Crippen LogP contribution in [-0.2, 0) is 5.41 Å². The summed E-state index contributed by atoms with van der Waals surface area (Å²) in [7, 11) is 0. The molecule has 1 fully saturated rings. The number of β-amino-alcohol motifs (C(OH)–C–C–N with tert-alkyl or cyclic N) is 1. The fraction of sp³-hybridized carbons (Fsp3) is 0.474. The summed E-state index contributed by atoms with van der Waals surface area (Å²) < 4.78 is 5.03. The number of hydrogen-bond acceptors (Lipinski definition) is 5. The highest BCUT2D eigenvalue weighted by Crippen LogP contribution is 2.46. The van der Waals surface area contributed by atoms with E-state index in [9.17, 15) is 9.90 Å². The lowest BCUT2D eigenvalue weighted by atomic mass is 9.74. The van der Waals surface area contributed by atoms with E-state index in [1.54, 1.807) is 6.92 Å². The number of hydrogen-bond donors (Lipinski definition) is 1. The number of carbonyl (C=O) groups is 1. The van der Waals surface area contributed by atoms with Gasteiger partial charge in [0.2, 0.25) is 0 Å². The number of aliphatic hydroxyl groups is 1. The molecule has 0 bridgehead atoms. The number of aromatic nitrogens is 1. The van der Waals surface area contributed by atoms with Gasteiger partial charge < -0.3 is 19.4 Å². The van der Waals surface area contributed by atoms with Gasteiger partial charge in [0.15, 0.2) is 0 Å². The van der Waals surface area contributed by atoms with Gasteiger partial charge in [0.25, 0.3) is 5.91 Å². The first kappa shape index (κ1) is 16.1. The number of piperidine rings is 1. The molecule has 0 aliphatic carbocycles. The standard InChI is InChI=1S/C19H23N3O3/c1-14-15(12-20-25-14)18(24)21-8-6-19(7-9-21)13-22(10-11-23)17-5-3-2-4-16(17)19/h2-5,12,23H,6-11,13H2,1H3. The molecule has 2 aromatic rings. The van der Waals surface area contributed by atoms with E-state index in [1.165, 1.54) is 17.4 Å². The Kier molecular flexibility index (Phi) is 4.00. The Bertz CT molecular complexity index is 778. The highest BCUT2D eigenvalue weighted by Gasteiger charge is 2.45. The number of likely N-dealkylation sites (tertiary alicyclic amines) is 1. The molecule has 2 aliphatic heterocycles. The van der Waals surface area contributed by atoms with Crippen molar-refractivity contribution in [3.8, 4) is 0 Å². The van der Waals surface area contributed by atoms with Gasteiger partial charge in [-0.1, -0.05) is 23.4 Å². The Morgan fingerprint density at radius 2 is 2.08 bits per heavy atom. The third-order valence-electron chi connectivity index (χ3n) is 5.67. The van der Waals surface area contributed by atoms with Crippen molar-refractivity contribution < 1.29 is 14.4 Å². The first-order valence-corrected chi connectivity index (χ1v) is 8.80. The summed E-state index contributed by atoms with van der Waals surface area (Å²) in [5.41, 5.74) is 3.22. The zero-order chi connectivity index (χ0) is 17.4. The lowest BCUT2D eigenvalue weighted by Gasteiger charge is -2.40. The zero-order valence-corrected chi connectivity index (χ0v) is 14.4. The zero-order valence-electron chi connectivity index (χ0n) is 14.4. The van der Waals surface area contributed by atoms with Crippen molar-refractivity contribution in [1.29, 1.82) is 0 Å². The predicted molar refractivity (Wildman–Crippen MR) is 93.8 cm³/mol. The molecule has 1 N–H and O–H groups in total. The van der Waals surface area contributed by atoms with Crippen molar-refractivity contribution >= 4 is 11.6 Å². The maximum absolute atomic E-state index is 12.7. The first-order valence-electron chi connectivity index (χ1n) is 8.80. The quantitative estimate of drug-likeness (QED) is 0.924. The molecule has 6 heteroatoms. The van der Waals surface area contributed by atoms with Crippen LogP contribution in [0.5, 0.6) is 0 Å². The van der Waals surface area contributed by atoms with Crippen LogP contribution in [0, 0.1) is 6.92 Å². The van der Waals surface area contributed by atoms with E-state index in [0.717, 1.165) is 32.5 Å². The highest BCUT2D eigenvalue weighted by atomic mass is 16.5. The van der Waals surface area contributed by atoms with Gasteiger partial charge in [-0.05, 0) is 31.4 Å². The molecule has 2 aliphatic rings. The summed E-state index contributed by atoms with van der Waals surface area (Å²) in [6.07, 6.45) is 3.37. The summed E-state index contributed by atoms with van der Waals surface area (Å²) in [5.74, 6) is 0.581. The van der Waals surface area contributed by atoms with Crippen molar-refractivity contribution in [2.45, 2.75) is 25.2 Å². The van der Waals surface area contributed by atoms with E-state index in [1.807, 2.05) is 4.90 Å². The van der Waals surface area contributed by atoms with E-state index >= 15 is 0 Å². The molecule has 1 spiro atoms. The van der Waals surface area contributed by atoms with Crippen LogP contribution in [0.4, 0.5) is 5.69 Å². The second kappa shape index (κ2) is 6.19. The van der Waals surface area contributed by atoms with Crippen molar-refractivity contribution in [1.82, 2.24) is 10.1 Å². The van der Waals surface area contributed by atoms with Gasteiger partial charge in [-0.3, -0.25) is 4.79 Å². The van der Waals surface area contributed by atoms with Gasteiger partial charge in [-0.15, -0.1) is 0 Å². The molecular weight excluding hydrogens is 318 g/mol. The molecule has 3 heterocycles. The smallest absolute Gasteiger partial charge is 0.259 e. The molecule has 0 atom stereocenters. The van der Waals surface area contributed by atoms with Crippen molar-refractivity contribution in [2.24, 2.45) is 0 Å². The van der Waals surface area contributed by atoms with Crippen LogP contribution in [0.1, 0.15) is 34.5 Å². The molecule has 132 valence electrons. The van der Waals surface area contributed by atoms with E-state index in [-0.39, 0.29) is 17.9 Å². The number of para-hydroxylation sites is 1. The van der Waals surface area contributed by atoms with Gasteiger partial charge in [0.05, 0.1) is 12.8 Å². The van der Waals surface area contributed by atoms with Crippen LogP contribution in [-0.4, -0.2) is 53.9 Å². The fourth-order valence-corrected chi connectivity index (χ4v) is 4.29. The minimum absolute atomic E-state index is 0.00657. The third kappa shape index (κ3) is 2.61. The van der Waals surface area contributed by atoms with Crippen LogP contribution < -0.4 is 4.90 Å². The first-order chi connectivity index (χ1) is 12.1. The largest absolute Gasteiger partial charge is 0.395 e. The number of nitrogens with zero attached hydrogens (tertiary/aromatic N) is 3. The summed E-state index contributed by atoms with van der Waals surface area (Å²) in [6, 6.07) is 8.47. The Morgan fingerprint density at radius 3 is 2.76 bits per heavy atom. The van der Waals surface area contributed by atoms with E-state index in [0.29, 0.717) is 17.9 Å². The number of anilines is 1. The summed E-state index contributed by atoms with van der Waals surface area (Å²) in [6.45, 7) is 4.95. The minimum atomic E-state index is 0.00657. The predicted octanol–water partition coefficient (Wildman–Crippen LogP) is 1.97. The van der Waals surface area contributed by atoms with Crippen LogP contribution in [0.2, 0.25) is 0 Å². The number of fused-ring (bicyclic) bond motifs is 2. The van der Waals surface area contributed by atoms with Crippen LogP contribution in [0.15, 0.2) is 35.0 Å². The van der Waals surface area contributed by atoms with Gasteiger partial charge in [-0.25, -0.2) is 0 Å². The topological polar surface area (TPSA) is 69.8 Å². The highest BCUT2D eigenvalue weighted by molar-refractivity contribution is 5.94. The van der Waals surface area contributed by atoms with Gasteiger partial charge in [0.1, 0.15) is 11.3 Å². The summed E-state index contributed by atoms with van der Waals surface area (Å²) >= 11 is 0. The van der Waals surface area contributed by atoms with Crippen LogP contribution in [0.3, 0.4) is 0 Å². The summed E-state index contributed by atoms with van der Waals surface area (Å²) in [5, 5.41) is 13.1. The molecule has 1 amide bonds. The number of aryl methyl sites for hydroxylation is 1. The van der Waals surface area contributed by atoms with E-state index < -0.39 is 0 Å². The molecule has 1 aromatic heterocycles. The number of amides is 1. The number of carbonyl (C=O) groups excluding carboxylic acids is 1. The SMILES string of the molecule is Cc1oncc1C(=O)N1CCC2(CC1)CN(CCO)c1ccccc12. The van der Waals surface area contributed by atoms with Crippen LogP contribution in [0.25, 0.3) is 0 Å². The van der Waals surface area contributed by atoms with Crippen molar-refractivity contribution in [2.75, 3.05) is 37.7 Å². The monoisotopic (exact) mass is 341 g/mol. The molecule has 25 heavy (non-hydrogen) atoms. The van der Waals surface area contributed by atoms with E-state index in [2.05, 4.69) is 34.3 Å². The Labute approximate surface area is 147 Å². The average molecular weight is 341 g/mol. The number of aliphatic hydroxyl groups excluding tert-OH is 1. The number of rotatable bonds is 3. The third-order valence-corrected chi connectivity index (χ3v) is 5.67. The molecule has 0 unspecified atom stereocenters. The Morgan fingerprint density at radius 1 is 1.32 bits per heavy atom.